The van der Waals surface area contributed by atoms with Crippen molar-refractivity contribution in [2.45, 2.75) is 12.8 Å². The van der Waals surface area contributed by atoms with Gasteiger partial charge < -0.3 is 20.4 Å². The Kier molecular flexibility index (Phi) is 11.1. The van der Waals surface area contributed by atoms with E-state index in [-0.39, 0.29) is 26.1 Å². The Morgan fingerprint density at radius 1 is 1.25 bits per heavy atom. The highest BCUT2D eigenvalue weighted by Gasteiger charge is 2.11. The highest BCUT2D eigenvalue weighted by molar-refractivity contribution is 4.69. The third-order valence-corrected chi connectivity index (χ3v) is 1.29. The second-order valence-electron chi connectivity index (χ2n) is 2.40. The lowest BCUT2D eigenvalue weighted by Crippen LogP contribution is -2.32. The molecule has 0 fully saturated rings. The summed E-state index contributed by atoms with van der Waals surface area (Å²) in [6, 6.07) is 1.82. The fourth-order valence-electron chi connectivity index (χ4n) is 0.707. The van der Waals surface area contributed by atoms with E-state index in [1.54, 1.807) is 0 Å². The second-order valence-corrected chi connectivity index (χ2v) is 2.40. The molecule has 0 aliphatic rings. The quantitative estimate of drug-likeness (QED) is 0.478. The van der Waals surface area contributed by atoms with Gasteiger partial charge in [-0.1, -0.05) is 0 Å². The first-order valence-corrected chi connectivity index (χ1v) is 4.14. The molecule has 0 aliphatic carbocycles. The Bertz CT molecular complexity index is 248. The highest BCUT2D eigenvalue weighted by Crippen LogP contribution is 1.93. The van der Waals surface area contributed by atoms with Gasteiger partial charge in [-0.25, -0.2) is 10.1 Å². The number of nitriles is 1. The Balaban J connectivity index is 0. The van der Waals surface area contributed by atoms with Crippen LogP contribution >= 0.6 is 0 Å². The number of aliphatic hydroxyl groups excluding tert-OH is 1. The number of rotatable bonds is 6. The first-order chi connectivity index (χ1) is 7.45. The molecule has 16 heavy (non-hydrogen) atoms. The molecule has 0 saturated heterocycles. The summed E-state index contributed by atoms with van der Waals surface area (Å²) in [5.74, 6) is 0. The molecular weight excluding hydrogens is 224 g/mol. The van der Waals surface area contributed by atoms with Crippen molar-refractivity contribution in [3.05, 3.63) is 25.4 Å². The molecule has 0 aromatic rings. The van der Waals surface area contributed by atoms with E-state index in [9.17, 15) is 10.1 Å². The average molecular weight is 235 g/mol. The molecule has 0 bridgehead atoms. The van der Waals surface area contributed by atoms with E-state index in [2.05, 4.69) is 0 Å². The molecule has 0 saturated carbocycles. The fraction of sp³-hybridized carbons (Fsp3) is 0.833. The molecule has 10 heteroatoms. The van der Waals surface area contributed by atoms with Gasteiger partial charge in [0.1, 0.15) is 0 Å². The predicted octanol–water partition coefficient (Wildman–Crippen LogP) is -0.463. The van der Waals surface area contributed by atoms with E-state index in [0.717, 1.165) is 5.01 Å². The van der Waals surface area contributed by atoms with Crippen molar-refractivity contribution in [3.63, 3.8) is 0 Å². The van der Waals surface area contributed by atoms with Crippen molar-refractivity contribution in [3.8, 4) is 6.07 Å². The van der Waals surface area contributed by atoms with Crippen molar-refractivity contribution < 1.29 is 15.2 Å². The predicted molar refractivity (Wildman–Crippen MR) is 50.9 cm³/mol. The molecule has 0 atom stereocenters. The molecule has 0 amide bonds. The molecule has 1 N–H and O–H groups in total. The van der Waals surface area contributed by atoms with Crippen LogP contribution in [0, 0.1) is 36.8 Å². The van der Waals surface area contributed by atoms with Crippen LogP contribution in [0.1, 0.15) is 12.8 Å². The van der Waals surface area contributed by atoms with E-state index in [4.69, 9.17) is 25.7 Å². The van der Waals surface area contributed by atoms with Crippen LogP contribution in [-0.2, 0) is 0 Å². The summed E-state index contributed by atoms with van der Waals surface area (Å²) >= 11 is 0. The number of hydrogen-bond donors (Lipinski definition) is 1. The molecule has 0 aromatic heterocycles. The summed E-state index contributed by atoms with van der Waals surface area (Å²) in [7, 11) is 0. The van der Waals surface area contributed by atoms with Gasteiger partial charge in [0.05, 0.1) is 30.7 Å². The molecule has 92 valence electrons. The van der Waals surface area contributed by atoms with Crippen LogP contribution in [0.2, 0.25) is 0 Å². The van der Waals surface area contributed by atoms with Crippen LogP contribution in [0.25, 0.3) is 0 Å². The second kappa shape index (κ2) is 10.9. The Hall–Kier alpha value is -2.15. The van der Waals surface area contributed by atoms with Crippen LogP contribution in [0.4, 0.5) is 0 Å². The summed E-state index contributed by atoms with van der Waals surface area (Å²) in [5, 5.41) is 42.0. The number of hydrazine groups is 1. The maximum absolute atomic E-state index is 10.3. The number of aliphatic hydroxyl groups is 1. The fourth-order valence-corrected chi connectivity index (χ4v) is 0.707. The minimum atomic E-state index is -1.75. The van der Waals surface area contributed by atoms with Crippen molar-refractivity contribution in [2.75, 3.05) is 19.7 Å². The zero-order chi connectivity index (χ0) is 13.0. The van der Waals surface area contributed by atoms with Gasteiger partial charge in [-0.15, -0.1) is 5.01 Å². The van der Waals surface area contributed by atoms with Crippen molar-refractivity contribution in [1.29, 1.82) is 5.26 Å². The smallest absolute Gasteiger partial charge is 0.160 e. The third kappa shape index (κ3) is 14.4. The number of nitro groups is 1. The van der Waals surface area contributed by atoms with Crippen LogP contribution in [-0.4, -0.2) is 39.9 Å². The normalized spacial score (nSPS) is 8.25. The lowest BCUT2D eigenvalue weighted by Gasteiger charge is -2.10. The van der Waals surface area contributed by atoms with E-state index >= 15 is 0 Å². The maximum Gasteiger partial charge on any atom is 0.160 e. The monoisotopic (exact) mass is 235 g/mol. The van der Waals surface area contributed by atoms with Crippen molar-refractivity contribution >= 4 is 0 Å². The van der Waals surface area contributed by atoms with Gasteiger partial charge in [0, 0.05) is 6.61 Å². The van der Waals surface area contributed by atoms with E-state index in [0.29, 0.717) is 6.42 Å². The topological polar surface area (TPSA) is 157 Å². The van der Waals surface area contributed by atoms with Gasteiger partial charge in [-0.2, -0.15) is 5.26 Å². The molecule has 0 unspecified atom stereocenters. The van der Waals surface area contributed by atoms with E-state index in [1.807, 2.05) is 6.07 Å². The first kappa shape index (κ1) is 16.3. The Morgan fingerprint density at radius 3 is 2.06 bits per heavy atom. The summed E-state index contributed by atoms with van der Waals surface area (Å²) in [6.07, 6.45) is 0.485. The highest BCUT2D eigenvalue weighted by atomic mass is 16.9. The van der Waals surface area contributed by atoms with Gasteiger partial charge >= 0.3 is 0 Å². The first-order valence-electron chi connectivity index (χ1n) is 4.14. The number of nitrogens with zero attached hydrogens (tertiary/aromatic N) is 4. The summed E-state index contributed by atoms with van der Waals surface area (Å²) in [5.41, 5.74) is 0. The molecule has 0 heterocycles. The van der Waals surface area contributed by atoms with Gasteiger partial charge in [-0.05, 0) is 6.42 Å². The summed E-state index contributed by atoms with van der Waals surface area (Å²) < 4.78 is 0. The van der Waals surface area contributed by atoms with Gasteiger partial charge in [0.25, 0.3) is 0 Å². The van der Waals surface area contributed by atoms with Crippen LogP contribution < -0.4 is 0 Å². The maximum atomic E-state index is 10.3. The van der Waals surface area contributed by atoms with E-state index in [1.165, 1.54) is 0 Å². The molecule has 0 aliphatic heterocycles. The lowest BCUT2D eigenvalue weighted by molar-refractivity contribution is -0.655. The zero-order valence-electron chi connectivity index (χ0n) is 8.31. The van der Waals surface area contributed by atoms with Crippen LogP contribution in [0.3, 0.4) is 0 Å². The molecule has 10 nitrogen and oxygen atoms in total. The van der Waals surface area contributed by atoms with Crippen LogP contribution in [0.5, 0.6) is 0 Å². The van der Waals surface area contributed by atoms with Crippen molar-refractivity contribution in [1.82, 2.24) is 5.01 Å². The zero-order valence-corrected chi connectivity index (χ0v) is 8.31. The summed E-state index contributed by atoms with van der Waals surface area (Å²) in [4.78, 5) is 18.5. The largest absolute Gasteiger partial charge is 0.396 e. The molecule has 0 radical (unpaired) electrons. The third-order valence-electron chi connectivity index (χ3n) is 1.29. The average Bonchev–Trinajstić information content (AvgIpc) is 2.16. The minimum absolute atomic E-state index is 0.0725. The van der Waals surface area contributed by atoms with Gasteiger partial charge in [0.15, 0.2) is 5.03 Å². The molecule has 0 rings (SSSR count). The standard InChI is InChI=1S/C6H11N3O3.NO3/c7-3-1-4-8(9(11)12)5-2-6-10;2-1(3)4/h10H,1-2,4-6H2;/q;-1. The molecular formula is C6H11N4O6-. The minimum Gasteiger partial charge on any atom is -0.396 e. The Morgan fingerprint density at radius 2 is 1.75 bits per heavy atom. The lowest BCUT2D eigenvalue weighted by atomic mass is 10.4. The van der Waals surface area contributed by atoms with Crippen molar-refractivity contribution in [2.24, 2.45) is 0 Å². The van der Waals surface area contributed by atoms with Gasteiger partial charge in [-0.3, -0.25) is 0 Å². The van der Waals surface area contributed by atoms with E-state index < -0.39 is 10.1 Å². The molecule has 0 spiro atoms. The van der Waals surface area contributed by atoms with Crippen LogP contribution in [0.15, 0.2) is 0 Å². The van der Waals surface area contributed by atoms with Gasteiger partial charge in [0.2, 0.25) is 0 Å². The summed E-state index contributed by atoms with van der Waals surface area (Å²) in [6.45, 7) is 0.228. The Labute approximate surface area is 90.5 Å². The number of hydrogen-bond acceptors (Lipinski definition) is 7. The molecule has 0 aromatic carbocycles. The SMILES string of the molecule is N#CCCN(CCCO)[N+](=O)[O-].O=[N+]([O-])[O-].